The molecule has 9 heteroatoms. The Hall–Kier alpha value is -4.14. The minimum atomic E-state index is -0.419. The molecule has 1 amide bonds. The van der Waals surface area contributed by atoms with Crippen molar-refractivity contribution >= 4 is 28.9 Å². The zero-order chi connectivity index (χ0) is 24.6. The van der Waals surface area contributed by atoms with E-state index in [1.54, 1.807) is 67.8 Å². The van der Waals surface area contributed by atoms with Crippen LogP contribution in [0.4, 0.5) is 11.4 Å². The van der Waals surface area contributed by atoms with Crippen molar-refractivity contribution in [3.8, 4) is 17.2 Å². The molecule has 35 heavy (non-hydrogen) atoms. The van der Waals surface area contributed by atoms with Gasteiger partial charge in [-0.25, -0.2) is 0 Å². The van der Waals surface area contributed by atoms with E-state index >= 15 is 0 Å². The third kappa shape index (κ3) is 6.06. The number of carbonyl (C=O) groups is 1. The Kier molecular flexibility index (Phi) is 7.77. The topological polar surface area (TPSA) is 94.5 Å². The van der Waals surface area contributed by atoms with Crippen LogP contribution < -0.4 is 20.9 Å². The monoisotopic (exact) mass is 490 g/mol. The van der Waals surface area contributed by atoms with Gasteiger partial charge in [-0.1, -0.05) is 35.9 Å². The van der Waals surface area contributed by atoms with Crippen LogP contribution in [0.3, 0.4) is 0 Å². The van der Waals surface area contributed by atoms with Crippen LogP contribution in [0.15, 0.2) is 89.9 Å². The molecule has 0 unspecified atom stereocenters. The summed E-state index contributed by atoms with van der Waals surface area (Å²) >= 11 is 5.97. The number of carbonyl (C=O) groups excluding carboxylic acids is 1. The lowest BCUT2D eigenvalue weighted by molar-refractivity contribution is 0.0937. The number of rotatable bonds is 9. The van der Waals surface area contributed by atoms with Gasteiger partial charge in [-0.05, 0) is 54.6 Å². The Balaban J connectivity index is 1.70. The van der Waals surface area contributed by atoms with Crippen molar-refractivity contribution in [1.82, 2.24) is 15.1 Å². The Morgan fingerprint density at radius 2 is 1.80 bits per heavy atom. The molecule has 0 atom stereocenters. The van der Waals surface area contributed by atoms with Gasteiger partial charge in [0.1, 0.15) is 5.75 Å². The highest BCUT2D eigenvalue weighted by atomic mass is 35.5. The average molecular weight is 491 g/mol. The van der Waals surface area contributed by atoms with Crippen LogP contribution in [0.1, 0.15) is 10.4 Å². The van der Waals surface area contributed by atoms with Gasteiger partial charge in [-0.3, -0.25) is 9.59 Å². The second-order valence-corrected chi connectivity index (χ2v) is 7.88. The molecule has 1 aromatic heterocycles. The van der Waals surface area contributed by atoms with Crippen LogP contribution >= 0.6 is 11.6 Å². The van der Waals surface area contributed by atoms with Crippen LogP contribution in [0.2, 0.25) is 5.02 Å². The minimum Gasteiger partial charge on any atom is -0.453 e. The summed E-state index contributed by atoms with van der Waals surface area (Å²) in [6.45, 7) is 0.795. The first-order valence-electron chi connectivity index (χ1n) is 10.8. The van der Waals surface area contributed by atoms with Crippen LogP contribution in [0, 0.1) is 0 Å². The average Bonchev–Trinajstić information content (AvgIpc) is 2.88. The molecule has 0 bridgehead atoms. The van der Waals surface area contributed by atoms with Crippen molar-refractivity contribution in [3.05, 3.63) is 106 Å². The van der Waals surface area contributed by atoms with E-state index in [-0.39, 0.29) is 17.3 Å². The highest BCUT2D eigenvalue weighted by molar-refractivity contribution is 6.30. The molecular formula is C26H23ClN4O4. The zero-order valence-corrected chi connectivity index (χ0v) is 19.7. The maximum atomic E-state index is 13.5. The van der Waals surface area contributed by atoms with E-state index < -0.39 is 5.56 Å². The lowest BCUT2D eigenvalue weighted by Gasteiger charge is -2.15. The SMILES string of the molecule is COCCNC(=O)c1cccc(Nc2c(Oc3ccc(Cl)cc3)cnn(-c3ccccc3)c2=O)c1. The van der Waals surface area contributed by atoms with Crippen molar-refractivity contribution in [2.24, 2.45) is 0 Å². The normalized spacial score (nSPS) is 10.6. The third-order valence-electron chi connectivity index (χ3n) is 4.97. The highest BCUT2D eigenvalue weighted by Gasteiger charge is 2.16. The predicted molar refractivity (Wildman–Crippen MR) is 135 cm³/mol. The van der Waals surface area contributed by atoms with Crippen LogP contribution in [0.5, 0.6) is 11.5 Å². The van der Waals surface area contributed by atoms with Crippen molar-refractivity contribution < 1.29 is 14.3 Å². The van der Waals surface area contributed by atoms with Gasteiger partial charge in [0.2, 0.25) is 0 Å². The highest BCUT2D eigenvalue weighted by Crippen LogP contribution is 2.29. The number of hydrogen-bond acceptors (Lipinski definition) is 6. The number of ether oxygens (including phenoxy) is 2. The van der Waals surface area contributed by atoms with E-state index in [4.69, 9.17) is 21.1 Å². The first-order valence-corrected chi connectivity index (χ1v) is 11.2. The number of nitrogens with one attached hydrogen (secondary N) is 2. The Morgan fingerprint density at radius 1 is 1.03 bits per heavy atom. The van der Waals surface area contributed by atoms with Gasteiger partial charge in [0.15, 0.2) is 11.4 Å². The number of anilines is 2. The van der Waals surface area contributed by atoms with E-state index in [2.05, 4.69) is 15.7 Å². The second kappa shape index (κ2) is 11.3. The largest absolute Gasteiger partial charge is 0.453 e. The molecule has 0 aliphatic rings. The third-order valence-corrected chi connectivity index (χ3v) is 5.22. The van der Waals surface area contributed by atoms with Gasteiger partial charge in [0.05, 0.1) is 18.5 Å². The molecule has 0 spiro atoms. The van der Waals surface area contributed by atoms with E-state index in [0.29, 0.717) is 40.9 Å². The van der Waals surface area contributed by atoms with Crippen molar-refractivity contribution in [1.29, 1.82) is 0 Å². The summed E-state index contributed by atoms with van der Waals surface area (Å²) in [7, 11) is 1.57. The molecule has 4 aromatic rings. The quantitative estimate of drug-likeness (QED) is 0.327. The molecule has 0 fully saturated rings. The summed E-state index contributed by atoms with van der Waals surface area (Å²) in [5, 5.41) is 10.7. The Labute approximate surface area is 207 Å². The zero-order valence-electron chi connectivity index (χ0n) is 18.9. The molecule has 2 N–H and O–H groups in total. The number of para-hydroxylation sites is 1. The molecule has 0 radical (unpaired) electrons. The summed E-state index contributed by atoms with van der Waals surface area (Å²) in [6, 6.07) is 22.6. The van der Waals surface area contributed by atoms with Gasteiger partial charge < -0.3 is 20.1 Å². The molecule has 8 nitrogen and oxygen atoms in total. The summed E-state index contributed by atoms with van der Waals surface area (Å²) in [5.74, 6) is 0.460. The molecule has 178 valence electrons. The fourth-order valence-corrected chi connectivity index (χ4v) is 3.39. The Bertz CT molecular complexity index is 1360. The first-order chi connectivity index (χ1) is 17.0. The lowest BCUT2D eigenvalue weighted by Crippen LogP contribution is -2.27. The molecule has 0 saturated heterocycles. The van der Waals surface area contributed by atoms with Gasteiger partial charge in [0, 0.05) is 29.9 Å². The van der Waals surface area contributed by atoms with Crippen LogP contribution in [-0.4, -0.2) is 35.9 Å². The summed E-state index contributed by atoms with van der Waals surface area (Å²) in [6.07, 6.45) is 1.46. The van der Waals surface area contributed by atoms with Crippen molar-refractivity contribution in [2.75, 3.05) is 25.6 Å². The number of amides is 1. The molecule has 0 aliphatic heterocycles. The number of nitrogens with zero attached hydrogens (tertiary/aromatic N) is 2. The van der Waals surface area contributed by atoms with E-state index in [9.17, 15) is 9.59 Å². The Morgan fingerprint density at radius 3 is 2.54 bits per heavy atom. The fourth-order valence-electron chi connectivity index (χ4n) is 3.26. The lowest BCUT2D eigenvalue weighted by atomic mass is 10.2. The van der Waals surface area contributed by atoms with Crippen LogP contribution in [-0.2, 0) is 4.74 Å². The minimum absolute atomic E-state index is 0.163. The summed E-state index contributed by atoms with van der Waals surface area (Å²) < 4.78 is 12.2. The molecular weight excluding hydrogens is 468 g/mol. The van der Waals surface area contributed by atoms with Gasteiger partial charge in [-0.2, -0.15) is 9.78 Å². The van der Waals surface area contributed by atoms with Crippen molar-refractivity contribution in [2.45, 2.75) is 0 Å². The standard InChI is InChI=1S/C26H23ClN4O4/c1-34-15-14-28-25(32)18-6-5-7-20(16-18)30-24-23(35-22-12-10-19(27)11-13-22)17-29-31(26(24)33)21-8-3-2-4-9-21/h2-13,16-17,30H,14-15H2,1H3,(H,28,32). The summed E-state index contributed by atoms with van der Waals surface area (Å²) in [5.41, 5.74) is 1.31. The first kappa shape index (κ1) is 24.0. The number of methoxy groups -OCH3 is 1. The van der Waals surface area contributed by atoms with Gasteiger partial charge >= 0.3 is 0 Å². The maximum Gasteiger partial charge on any atom is 0.299 e. The second-order valence-electron chi connectivity index (χ2n) is 7.45. The van der Waals surface area contributed by atoms with Crippen LogP contribution in [0.25, 0.3) is 5.69 Å². The van der Waals surface area contributed by atoms with Gasteiger partial charge in [-0.15, -0.1) is 0 Å². The van der Waals surface area contributed by atoms with E-state index in [1.807, 2.05) is 18.2 Å². The predicted octanol–water partition coefficient (Wildman–Crippen LogP) is 4.80. The number of halogens is 1. The molecule has 1 heterocycles. The molecule has 0 aliphatic carbocycles. The molecule has 4 rings (SSSR count). The number of hydrogen-bond donors (Lipinski definition) is 2. The number of benzene rings is 3. The molecule has 3 aromatic carbocycles. The summed E-state index contributed by atoms with van der Waals surface area (Å²) in [4.78, 5) is 25.9. The van der Waals surface area contributed by atoms with E-state index in [0.717, 1.165) is 0 Å². The maximum absolute atomic E-state index is 13.5. The fraction of sp³-hybridized carbons (Fsp3) is 0.115. The molecule has 0 saturated carbocycles. The van der Waals surface area contributed by atoms with Crippen molar-refractivity contribution in [3.63, 3.8) is 0 Å². The van der Waals surface area contributed by atoms with Gasteiger partial charge in [0.25, 0.3) is 11.5 Å². The van der Waals surface area contributed by atoms with E-state index in [1.165, 1.54) is 10.9 Å². The number of aromatic nitrogens is 2. The smallest absolute Gasteiger partial charge is 0.299 e.